The van der Waals surface area contributed by atoms with E-state index in [0.29, 0.717) is 12.4 Å². The van der Waals surface area contributed by atoms with Gasteiger partial charge in [-0.1, -0.05) is 0 Å². The van der Waals surface area contributed by atoms with Crippen LogP contribution >= 0.6 is 11.3 Å². The molecule has 9 nitrogen and oxygen atoms in total. The van der Waals surface area contributed by atoms with Crippen LogP contribution in [-0.2, 0) is 30.7 Å². The first-order valence-electron chi connectivity index (χ1n) is 9.75. The van der Waals surface area contributed by atoms with Crippen molar-refractivity contribution in [2.24, 2.45) is 0 Å². The molecule has 2 aliphatic rings. The normalized spacial score (nSPS) is 17.7. The van der Waals surface area contributed by atoms with Gasteiger partial charge in [-0.25, -0.2) is 19.9 Å². The van der Waals surface area contributed by atoms with E-state index in [0.717, 1.165) is 67.5 Å². The minimum absolute atomic E-state index is 0.300. The van der Waals surface area contributed by atoms with Crippen molar-refractivity contribution in [3.8, 4) is 0 Å². The van der Waals surface area contributed by atoms with Gasteiger partial charge in [0.05, 0.1) is 31.7 Å². The summed E-state index contributed by atoms with van der Waals surface area (Å²) in [5.74, 6) is 2.23. The first kappa shape index (κ1) is 17.8. The zero-order valence-corrected chi connectivity index (χ0v) is 16.4. The molecule has 1 fully saturated rings. The largest absolute Gasteiger partial charge is 0.379 e. The molecule has 0 aromatic carbocycles. The van der Waals surface area contributed by atoms with Crippen LogP contribution in [0.25, 0.3) is 10.2 Å². The molecule has 5 rings (SSSR count). The Morgan fingerprint density at radius 2 is 2.04 bits per heavy atom. The Balaban J connectivity index is 1.49. The molecule has 28 heavy (non-hydrogen) atoms. The van der Waals surface area contributed by atoms with E-state index < -0.39 is 0 Å². The smallest absolute Gasteiger partial charge is 0.340 e. The van der Waals surface area contributed by atoms with Crippen molar-refractivity contribution in [1.82, 2.24) is 30.0 Å². The first-order valence-corrected chi connectivity index (χ1v) is 10.6. The molecule has 3 N–H and O–H groups in total. The minimum atomic E-state index is -0.300. The summed E-state index contributed by atoms with van der Waals surface area (Å²) in [4.78, 5) is 28.6. The van der Waals surface area contributed by atoms with Gasteiger partial charge in [0, 0.05) is 18.0 Å². The number of hydrogen-bond acceptors (Lipinski definition) is 8. The standard InChI is InChI=1S/C18H23N7O2S/c26-18-22-13(23-24-18)9-19-16-15-11-3-1-2-4-12(11)28-17(15)21-14(20-16)10-25-5-7-27-8-6-25/h1-10H2,(H,19,20,21)(H2,22,23,24,26). The first-order chi connectivity index (χ1) is 13.8. The maximum atomic E-state index is 11.3. The molecule has 1 saturated heterocycles. The van der Waals surface area contributed by atoms with Gasteiger partial charge >= 0.3 is 5.69 Å². The number of rotatable bonds is 5. The topological polar surface area (TPSA) is 112 Å². The predicted octanol–water partition coefficient (Wildman–Crippen LogP) is 1.43. The molecule has 0 unspecified atom stereocenters. The zero-order valence-electron chi connectivity index (χ0n) is 15.6. The van der Waals surface area contributed by atoms with Crippen molar-refractivity contribution in [1.29, 1.82) is 0 Å². The molecule has 0 atom stereocenters. The van der Waals surface area contributed by atoms with Crippen LogP contribution < -0.4 is 11.0 Å². The van der Waals surface area contributed by atoms with Gasteiger partial charge in [-0.3, -0.25) is 9.88 Å². The Morgan fingerprint density at radius 1 is 1.18 bits per heavy atom. The number of aromatic amines is 2. The highest BCUT2D eigenvalue weighted by atomic mass is 32.1. The van der Waals surface area contributed by atoms with Crippen LogP contribution in [0.1, 0.15) is 34.9 Å². The molecule has 0 bridgehead atoms. The third-order valence-electron chi connectivity index (χ3n) is 5.30. The number of hydrogen-bond donors (Lipinski definition) is 3. The molecule has 0 spiro atoms. The molecule has 1 aliphatic carbocycles. The van der Waals surface area contributed by atoms with Crippen LogP contribution in [-0.4, -0.2) is 56.4 Å². The van der Waals surface area contributed by atoms with Crippen molar-refractivity contribution >= 4 is 27.4 Å². The molecule has 10 heteroatoms. The van der Waals surface area contributed by atoms with Gasteiger partial charge in [0.1, 0.15) is 22.3 Å². The second kappa shape index (κ2) is 7.61. The molecule has 0 amide bonds. The van der Waals surface area contributed by atoms with Crippen LogP contribution in [0.5, 0.6) is 0 Å². The van der Waals surface area contributed by atoms with E-state index >= 15 is 0 Å². The number of ether oxygens (including phenoxy) is 1. The highest BCUT2D eigenvalue weighted by Gasteiger charge is 2.22. The van der Waals surface area contributed by atoms with Gasteiger partial charge < -0.3 is 10.1 Å². The summed E-state index contributed by atoms with van der Waals surface area (Å²) in [6.45, 7) is 4.45. The molecular weight excluding hydrogens is 378 g/mol. The number of aryl methyl sites for hydroxylation is 2. The molecule has 148 valence electrons. The van der Waals surface area contributed by atoms with Crippen molar-refractivity contribution in [2.75, 3.05) is 31.6 Å². The third-order valence-corrected chi connectivity index (χ3v) is 6.49. The Hall–Kier alpha value is -2.30. The average molecular weight is 401 g/mol. The van der Waals surface area contributed by atoms with Crippen LogP contribution in [0.4, 0.5) is 5.82 Å². The fourth-order valence-electron chi connectivity index (χ4n) is 3.92. The van der Waals surface area contributed by atoms with Crippen molar-refractivity contribution in [3.63, 3.8) is 0 Å². The summed E-state index contributed by atoms with van der Waals surface area (Å²) < 4.78 is 5.44. The number of fused-ring (bicyclic) bond motifs is 3. The molecule has 3 aromatic heterocycles. The lowest BCUT2D eigenvalue weighted by Gasteiger charge is -2.25. The molecule has 4 heterocycles. The van der Waals surface area contributed by atoms with Crippen LogP contribution in [0.2, 0.25) is 0 Å². The lowest BCUT2D eigenvalue weighted by atomic mass is 9.97. The molecule has 1 aliphatic heterocycles. The summed E-state index contributed by atoms with van der Waals surface area (Å²) >= 11 is 1.80. The Labute approximate surface area is 165 Å². The van der Waals surface area contributed by atoms with Crippen LogP contribution in [0, 0.1) is 0 Å². The van der Waals surface area contributed by atoms with E-state index in [9.17, 15) is 4.79 Å². The number of morpholine rings is 1. The van der Waals surface area contributed by atoms with Crippen molar-refractivity contribution in [2.45, 2.75) is 38.8 Å². The zero-order chi connectivity index (χ0) is 18.9. The Bertz CT molecular complexity index is 1030. The quantitative estimate of drug-likeness (QED) is 0.593. The molecule has 0 saturated carbocycles. The van der Waals surface area contributed by atoms with E-state index in [1.54, 1.807) is 11.3 Å². The van der Waals surface area contributed by atoms with Crippen molar-refractivity contribution < 1.29 is 4.74 Å². The minimum Gasteiger partial charge on any atom is -0.379 e. The van der Waals surface area contributed by atoms with Gasteiger partial charge in [0.25, 0.3) is 0 Å². The number of aromatic nitrogens is 5. The van der Waals surface area contributed by atoms with Gasteiger partial charge in [-0.05, 0) is 31.2 Å². The number of thiophene rings is 1. The second-order valence-electron chi connectivity index (χ2n) is 7.25. The fraction of sp³-hybridized carbons (Fsp3) is 0.556. The van der Waals surface area contributed by atoms with Crippen LogP contribution in [0.15, 0.2) is 4.79 Å². The highest BCUT2D eigenvalue weighted by Crippen LogP contribution is 2.38. The molecule has 0 radical (unpaired) electrons. The van der Waals surface area contributed by atoms with E-state index in [4.69, 9.17) is 14.7 Å². The highest BCUT2D eigenvalue weighted by molar-refractivity contribution is 7.19. The second-order valence-corrected chi connectivity index (χ2v) is 8.33. The summed E-state index contributed by atoms with van der Waals surface area (Å²) in [5.41, 5.74) is 1.09. The Morgan fingerprint density at radius 3 is 2.86 bits per heavy atom. The van der Waals surface area contributed by atoms with E-state index in [1.807, 2.05) is 0 Å². The number of nitrogens with one attached hydrogen (secondary N) is 3. The van der Waals surface area contributed by atoms with Crippen molar-refractivity contribution in [3.05, 3.63) is 32.6 Å². The number of H-pyrrole nitrogens is 2. The van der Waals surface area contributed by atoms with E-state index in [-0.39, 0.29) is 5.69 Å². The third kappa shape index (κ3) is 3.54. The van der Waals surface area contributed by atoms with Crippen LogP contribution in [0.3, 0.4) is 0 Å². The summed E-state index contributed by atoms with van der Waals surface area (Å²) in [6.07, 6.45) is 4.66. The number of anilines is 1. The van der Waals surface area contributed by atoms with E-state index in [2.05, 4.69) is 25.4 Å². The van der Waals surface area contributed by atoms with Gasteiger partial charge in [0.15, 0.2) is 0 Å². The average Bonchev–Trinajstić information content (AvgIpc) is 3.30. The fourth-order valence-corrected chi connectivity index (χ4v) is 5.20. The lowest BCUT2D eigenvalue weighted by molar-refractivity contribution is 0.0331. The predicted molar refractivity (Wildman–Crippen MR) is 107 cm³/mol. The molecule has 3 aromatic rings. The summed E-state index contributed by atoms with van der Waals surface area (Å²) in [7, 11) is 0. The summed E-state index contributed by atoms with van der Waals surface area (Å²) in [5, 5.41) is 10.9. The Kier molecular flexibility index (Phi) is 4.83. The monoisotopic (exact) mass is 401 g/mol. The molecular formula is C18H23N7O2S. The number of nitrogens with zero attached hydrogens (tertiary/aromatic N) is 4. The van der Waals surface area contributed by atoms with Gasteiger partial charge in [-0.15, -0.1) is 11.3 Å². The maximum absolute atomic E-state index is 11.3. The summed E-state index contributed by atoms with van der Waals surface area (Å²) in [6, 6.07) is 0. The van der Waals surface area contributed by atoms with Gasteiger partial charge in [-0.2, -0.15) is 5.10 Å². The SMILES string of the molecule is O=c1[nH]nc(CNc2nc(CN3CCOCC3)nc3sc4c(c23)CCCC4)[nH]1. The maximum Gasteiger partial charge on any atom is 0.340 e. The lowest BCUT2D eigenvalue weighted by Crippen LogP contribution is -2.36. The van der Waals surface area contributed by atoms with Gasteiger partial charge in [0.2, 0.25) is 0 Å². The van der Waals surface area contributed by atoms with E-state index in [1.165, 1.54) is 23.3 Å².